The van der Waals surface area contributed by atoms with Crippen LogP contribution in [0.1, 0.15) is 19.8 Å². The Labute approximate surface area is 177 Å². The number of para-hydroxylation sites is 1. The van der Waals surface area contributed by atoms with Crippen molar-refractivity contribution >= 4 is 21.6 Å². The van der Waals surface area contributed by atoms with Gasteiger partial charge in [-0.25, -0.2) is 8.42 Å². The maximum atomic E-state index is 13.1. The molecular formula is C22H26N2O5S. The first-order chi connectivity index (χ1) is 14.5. The molecule has 0 bridgehead atoms. The molecule has 30 heavy (non-hydrogen) atoms. The minimum absolute atomic E-state index is 0.0556. The Kier molecular flexibility index (Phi) is 5.97. The molecule has 0 saturated carbocycles. The van der Waals surface area contributed by atoms with Crippen LogP contribution in [0.4, 0.5) is 5.69 Å². The van der Waals surface area contributed by atoms with Crippen molar-refractivity contribution in [2.75, 3.05) is 37.7 Å². The highest BCUT2D eigenvalue weighted by atomic mass is 32.2. The van der Waals surface area contributed by atoms with Crippen molar-refractivity contribution < 1.29 is 22.7 Å². The molecule has 8 heteroatoms. The molecule has 0 unspecified atom stereocenters. The van der Waals surface area contributed by atoms with Gasteiger partial charge in [-0.2, -0.15) is 4.31 Å². The molecule has 2 heterocycles. The number of ether oxygens (including phenoxy) is 2. The number of piperidine rings is 1. The van der Waals surface area contributed by atoms with Crippen molar-refractivity contribution in [2.24, 2.45) is 5.92 Å². The predicted octanol–water partition coefficient (Wildman–Crippen LogP) is 2.91. The van der Waals surface area contributed by atoms with Gasteiger partial charge < -0.3 is 14.4 Å². The molecule has 160 valence electrons. The maximum absolute atomic E-state index is 13.1. The summed E-state index contributed by atoms with van der Waals surface area (Å²) in [6.07, 6.45) is 1.01. The van der Waals surface area contributed by atoms with E-state index in [0.29, 0.717) is 57.2 Å². The molecule has 2 aromatic rings. The number of amides is 1. The second-order valence-corrected chi connectivity index (χ2v) is 9.34. The van der Waals surface area contributed by atoms with E-state index in [-0.39, 0.29) is 16.7 Å². The number of hydrogen-bond acceptors (Lipinski definition) is 5. The fourth-order valence-corrected chi connectivity index (χ4v) is 5.46. The van der Waals surface area contributed by atoms with Crippen LogP contribution in [-0.2, 0) is 14.8 Å². The third-order valence-electron chi connectivity index (χ3n) is 5.60. The molecule has 4 rings (SSSR count). The lowest BCUT2D eigenvalue weighted by Gasteiger charge is -2.33. The van der Waals surface area contributed by atoms with Gasteiger partial charge in [-0.3, -0.25) is 4.79 Å². The Morgan fingerprint density at radius 3 is 2.37 bits per heavy atom. The van der Waals surface area contributed by atoms with Gasteiger partial charge in [0.05, 0.1) is 4.90 Å². The summed E-state index contributed by atoms with van der Waals surface area (Å²) >= 11 is 0. The molecule has 1 saturated heterocycles. The van der Waals surface area contributed by atoms with Crippen molar-refractivity contribution in [3.05, 3.63) is 48.5 Å². The number of fused-ring (bicyclic) bond motifs is 1. The Balaban J connectivity index is 1.44. The first-order valence-corrected chi connectivity index (χ1v) is 11.7. The van der Waals surface area contributed by atoms with Gasteiger partial charge in [-0.1, -0.05) is 18.2 Å². The monoisotopic (exact) mass is 430 g/mol. The third-order valence-corrected chi connectivity index (χ3v) is 7.50. The Hall–Kier alpha value is -2.58. The van der Waals surface area contributed by atoms with Gasteiger partial charge in [0.1, 0.15) is 13.2 Å². The SMILES string of the molecule is CCN(C(=O)C1CCN(S(=O)(=O)c2ccc3c(c2)OCCO3)CC1)c1ccccc1. The highest BCUT2D eigenvalue weighted by molar-refractivity contribution is 7.89. The molecule has 0 radical (unpaired) electrons. The van der Waals surface area contributed by atoms with E-state index in [1.807, 2.05) is 37.3 Å². The molecule has 0 spiro atoms. The molecular weight excluding hydrogens is 404 g/mol. The lowest BCUT2D eigenvalue weighted by molar-refractivity contribution is -0.123. The number of carbonyl (C=O) groups is 1. The zero-order chi connectivity index (χ0) is 21.1. The molecule has 0 aliphatic carbocycles. The molecule has 0 atom stereocenters. The summed E-state index contributed by atoms with van der Waals surface area (Å²) in [5.74, 6) is 0.885. The van der Waals surface area contributed by atoms with Crippen molar-refractivity contribution in [2.45, 2.75) is 24.7 Å². The average molecular weight is 431 g/mol. The number of benzene rings is 2. The molecule has 2 aliphatic heterocycles. The number of sulfonamides is 1. The standard InChI is InChI=1S/C22H26N2O5S/c1-2-24(18-6-4-3-5-7-18)22(25)17-10-12-23(13-11-17)30(26,27)19-8-9-20-21(16-19)29-15-14-28-20/h3-9,16-17H,2,10-15H2,1H3. The quantitative estimate of drug-likeness (QED) is 0.729. The number of nitrogens with zero attached hydrogens (tertiary/aromatic N) is 2. The van der Waals surface area contributed by atoms with Crippen LogP contribution in [0.3, 0.4) is 0 Å². The summed E-state index contributed by atoms with van der Waals surface area (Å²) in [5.41, 5.74) is 0.872. The first kappa shape index (κ1) is 20.7. The number of rotatable bonds is 5. The highest BCUT2D eigenvalue weighted by Crippen LogP contribution is 2.34. The summed E-state index contributed by atoms with van der Waals surface area (Å²) < 4.78 is 38.6. The summed E-state index contributed by atoms with van der Waals surface area (Å²) in [5, 5.41) is 0. The molecule has 1 amide bonds. The van der Waals surface area contributed by atoms with E-state index in [0.717, 1.165) is 5.69 Å². The largest absolute Gasteiger partial charge is 0.486 e. The van der Waals surface area contributed by atoms with Crippen LogP contribution in [0.25, 0.3) is 0 Å². The fourth-order valence-electron chi connectivity index (χ4n) is 3.97. The minimum atomic E-state index is -3.65. The lowest BCUT2D eigenvalue weighted by atomic mass is 9.96. The molecule has 0 aromatic heterocycles. The maximum Gasteiger partial charge on any atom is 0.243 e. The van der Waals surface area contributed by atoms with Crippen LogP contribution >= 0.6 is 0 Å². The van der Waals surface area contributed by atoms with E-state index in [9.17, 15) is 13.2 Å². The van der Waals surface area contributed by atoms with Gasteiger partial charge >= 0.3 is 0 Å². The zero-order valence-electron chi connectivity index (χ0n) is 17.0. The van der Waals surface area contributed by atoms with Gasteiger partial charge in [0.25, 0.3) is 0 Å². The van der Waals surface area contributed by atoms with Crippen LogP contribution in [-0.4, -0.2) is 51.5 Å². The van der Waals surface area contributed by atoms with E-state index in [4.69, 9.17) is 9.47 Å². The molecule has 7 nitrogen and oxygen atoms in total. The second-order valence-electron chi connectivity index (χ2n) is 7.40. The molecule has 0 N–H and O–H groups in total. The third kappa shape index (κ3) is 4.02. The van der Waals surface area contributed by atoms with E-state index >= 15 is 0 Å². The zero-order valence-corrected chi connectivity index (χ0v) is 17.8. The van der Waals surface area contributed by atoms with Crippen molar-refractivity contribution in [1.29, 1.82) is 0 Å². The summed E-state index contributed by atoms with van der Waals surface area (Å²) in [4.78, 5) is 15.0. The van der Waals surface area contributed by atoms with Gasteiger partial charge in [0.2, 0.25) is 15.9 Å². The van der Waals surface area contributed by atoms with Gasteiger partial charge in [-0.05, 0) is 44.0 Å². The van der Waals surface area contributed by atoms with Gasteiger partial charge in [0, 0.05) is 37.3 Å². The fraction of sp³-hybridized carbons (Fsp3) is 0.409. The molecule has 2 aromatic carbocycles. The molecule has 2 aliphatic rings. The van der Waals surface area contributed by atoms with Crippen molar-refractivity contribution in [3.8, 4) is 11.5 Å². The van der Waals surface area contributed by atoms with E-state index < -0.39 is 10.0 Å². The number of hydrogen-bond donors (Lipinski definition) is 0. The number of anilines is 1. The topological polar surface area (TPSA) is 76.2 Å². The van der Waals surface area contributed by atoms with Crippen LogP contribution in [0.5, 0.6) is 11.5 Å². The second kappa shape index (κ2) is 8.65. The smallest absolute Gasteiger partial charge is 0.243 e. The normalized spacial score (nSPS) is 17.5. The van der Waals surface area contributed by atoms with E-state index in [2.05, 4.69) is 0 Å². The van der Waals surface area contributed by atoms with Crippen LogP contribution in [0.15, 0.2) is 53.4 Å². The summed E-state index contributed by atoms with van der Waals surface area (Å²) in [6, 6.07) is 14.3. The van der Waals surface area contributed by atoms with Crippen LogP contribution < -0.4 is 14.4 Å². The van der Waals surface area contributed by atoms with Gasteiger partial charge in [0.15, 0.2) is 11.5 Å². The van der Waals surface area contributed by atoms with Crippen molar-refractivity contribution in [3.63, 3.8) is 0 Å². The lowest BCUT2D eigenvalue weighted by Crippen LogP contribution is -2.44. The van der Waals surface area contributed by atoms with Gasteiger partial charge in [-0.15, -0.1) is 0 Å². The van der Waals surface area contributed by atoms with Crippen LogP contribution in [0, 0.1) is 5.92 Å². The number of carbonyl (C=O) groups excluding carboxylic acids is 1. The predicted molar refractivity (Wildman–Crippen MR) is 113 cm³/mol. The average Bonchev–Trinajstić information content (AvgIpc) is 2.80. The Morgan fingerprint density at radius 1 is 1.03 bits per heavy atom. The highest BCUT2D eigenvalue weighted by Gasteiger charge is 2.34. The van der Waals surface area contributed by atoms with Crippen molar-refractivity contribution in [1.82, 2.24) is 4.31 Å². The summed E-state index contributed by atoms with van der Waals surface area (Å²) in [7, 11) is -3.65. The Bertz CT molecular complexity index is 1000. The summed E-state index contributed by atoms with van der Waals surface area (Å²) in [6.45, 7) is 4.03. The minimum Gasteiger partial charge on any atom is -0.486 e. The van der Waals surface area contributed by atoms with Crippen LogP contribution in [0.2, 0.25) is 0 Å². The van der Waals surface area contributed by atoms with E-state index in [1.165, 1.54) is 10.4 Å². The first-order valence-electron chi connectivity index (χ1n) is 10.3. The van der Waals surface area contributed by atoms with E-state index in [1.54, 1.807) is 17.0 Å². The molecule has 1 fully saturated rings. The Morgan fingerprint density at radius 2 is 1.70 bits per heavy atom.